The Hall–Kier alpha value is -1.49. The second kappa shape index (κ2) is 4.35. The molecule has 0 unspecified atom stereocenters. The van der Waals surface area contributed by atoms with Crippen LogP contribution < -0.4 is 5.73 Å². The largest absolute Gasteiger partial charge is 0.337 e. The molecule has 0 radical (unpaired) electrons. The van der Waals surface area contributed by atoms with Crippen LogP contribution in [0.4, 0.5) is 0 Å². The number of hydrogen-bond donors (Lipinski definition) is 1. The van der Waals surface area contributed by atoms with Crippen molar-refractivity contribution < 1.29 is 4.79 Å². The van der Waals surface area contributed by atoms with Crippen molar-refractivity contribution in [3.63, 3.8) is 0 Å². The van der Waals surface area contributed by atoms with Crippen LogP contribution in [0.25, 0.3) is 0 Å². The standard InChI is InChI=1S/C10H14N4O/c11-5-8-1-4-14(7-8)10(15)9-6-12-2-3-13-9/h2-3,6,8H,1,4-5,7,11H2/t8-/m1/s1. The highest BCUT2D eigenvalue weighted by Gasteiger charge is 2.26. The lowest BCUT2D eigenvalue weighted by Gasteiger charge is -2.15. The molecule has 2 N–H and O–H groups in total. The number of aromatic nitrogens is 2. The Balaban J connectivity index is 2.04. The highest BCUT2D eigenvalue weighted by atomic mass is 16.2. The number of hydrogen-bond acceptors (Lipinski definition) is 4. The third-order valence-electron chi connectivity index (χ3n) is 2.69. The summed E-state index contributed by atoms with van der Waals surface area (Å²) in [5, 5.41) is 0. The second-order valence-electron chi connectivity index (χ2n) is 3.73. The van der Waals surface area contributed by atoms with Crippen molar-refractivity contribution in [2.45, 2.75) is 6.42 Å². The first kappa shape index (κ1) is 10.0. The molecule has 1 atom stereocenters. The molecule has 0 saturated carbocycles. The molecule has 5 heteroatoms. The van der Waals surface area contributed by atoms with Crippen molar-refractivity contribution in [1.82, 2.24) is 14.9 Å². The number of nitrogens with zero attached hydrogens (tertiary/aromatic N) is 3. The first-order chi connectivity index (χ1) is 7.31. The third-order valence-corrected chi connectivity index (χ3v) is 2.69. The van der Waals surface area contributed by atoms with Crippen molar-refractivity contribution in [2.24, 2.45) is 11.7 Å². The molecule has 1 aliphatic heterocycles. The first-order valence-electron chi connectivity index (χ1n) is 5.06. The topological polar surface area (TPSA) is 72.1 Å². The summed E-state index contributed by atoms with van der Waals surface area (Å²) in [7, 11) is 0. The zero-order valence-corrected chi connectivity index (χ0v) is 8.47. The molecule has 15 heavy (non-hydrogen) atoms. The number of likely N-dealkylation sites (tertiary alicyclic amines) is 1. The van der Waals surface area contributed by atoms with Crippen molar-refractivity contribution in [1.29, 1.82) is 0 Å². The van der Waals surface area contributed by atoms with Gasteiger partial charge in [0.2, 0.25) is 0 Å². The van der Waals surface area contributed by atoms with Crippen LogP contribution in [-0.2, 0) is 0 Å². The second-order valence-corrected chi connectivity index (χ2v) is 3.73. The van der Waals surface area contributed by atoms with E-state index in [1.54, 1.807) is 11.1 Å². The van der Waals surface area contributed by atoms with Crippen molar-refractivity contribution >= 4 is 5.91 Å². The lowest BCUT2D eigenvalue weighted by molar-refractivity contribution is 0.0781. The minimum Gasteiger partial charge on any atom is -0.337 e. The number of amides is 1. The van der Waals surface area contributed by atoms with Gasteiger partial charge in [-0.25, -0.2) is 4.98 Å². The van der Waals surface area contributed by atoms with Gasteiger partial charge in [-0.3, -0.25) is 9.78 Å². The number of carbonyl (C=O) groups excluding carboxylic acids is 1. The quantitative estimate of drug-likeness (QED) is 0.733. The Morgan fingerprint density at radius 3 is 3.07 bits per heavy atom. The summed E-state index contributed by atoms with van der Waals surface area (Å²) >= 11 is 0. The van der Waals surface area contributed by atoms with Crippen LogP contribution in [0.3, 0.4) is 0 Å². The summed E-state index contributed by atoms with van der Waals surface area (Å²) in [6.07, 6.45) is 5.58. The van der Waals surface area contributed by atoms with Crippen LogP contribution in [0.5, 0.6) is 0 Å². The Labute approximate surface area is 88.3 Å². The molecule has 0 spiro atoms. The van der Waals surface area contributed by atoms with Gasteiger partial charge in [-0.15, -0.1) is 0 Å². The minimum absolute atomic E-state index is 0.0425. The molecule has 1 amide bonds. The van der Waals surface area contributed by atoms with Gasteiger partial charge in [0, 0.05) is 25.5 Å². The highest BCUT2D eigenvalue weighted by Crippen LogP contribution is 2.16. The van der Waals surface area contributed by atoms with E-state index in [-0.39, 0.29) is 5.91 Å². The summed E-state index contributed by atoms with van der Waals surface area (Å²) in [4.78, 5) is 21.6. The van der Waals surface area contributed by atoms with Gasteiger partial charge in [0.05, 0.1) is 6.20 Å². The normalized spacial score (nSPS) is 20.6. The maximum atomic E-state index is 11.9. The summed E-state index contributed by atoms with van der Waals surface area (Å²) in [6, 6.07) is 0. The maximum Gasteiger partial charge on any atom is 0.274 e. The van der Waals surface area contributed by atoms with Crippen molar-refractivity contribution in [3.05, 3.63) is 24.3 Å². The van der Waals surface area contributed by atoms with Crippen molar-refractivity contribution in [3.8, 4) is 0 Å². The molecule has 1 saturated heterocycles. The Bertz CT molecular complexity index is 341. The van der Waals surface area contributed by atoms with E-state index >= 15 is 0 Å². The van der Waals surface area contributed by atoms with Gasteiger partial charge in [0.15, 0.2) is 0 Å². The third kappa shape index (κ3) is 2.12. The zero-order chi connectivity index (χ0) is 10.7. The molecular weight excluding hydrogens is 192 g/mol. The summed E-state index contributed by atoms with van der Waals surface area (Å²) in [5.74, 6) is 0.393. The predicted octanol–water partition coefficient (Wildman–Crippen LogP) is -0.103. The molecule has 5 nitrogen and oxygen atoms in total. The van der Waals surface area contributed by atoms with Crippen LogP contribution in [-0.4, -0.2) is 40.4 Å². The minimum atomic E-state index is -0.0425. The van der Waals surface area contributed by atoms with E-state index in [2.05, 4.69) is 9.97 Å². The molecule has 1 aliphatic rings. The molecule has 80 valence electrons. The molecule has 1 aromatic heterocycles. The average molecular weight is 206 g/mol. The molecule has 0 bridgehead atoms. The van der Waals surface area contributed by atoms with E-state index < -0.39 is 0 Å². The van der Waals surface area contributed by atoms with Gasteiger partial charge in [-0.05, 0) is 18.9 Å². The number of carbonyl (C=O) groups is 1. The predicted molar refractivity (Wildman–Crippen MR) is 55.1 cm³/mol. The van der Waals surface area contributed by atoms with Gasteiger partial charge < -0.3 is 10.6 Å². The molecule has 2 rings (SSSR count). The van der Waals surface area contributed by atoms with E-state index in [0.29, 0.717) is 18.2 Å². The van der Waals surface area contributed by atoms with Crippen molar-refractivity contribution in [2.75, 3.05) is 19.6 Å². The molecule has 1 fully saturated rings. The van der Waals surface area contributed by atoms with Crippen LogP contribution in [0, 0.1) is 5.92 Å². The smallest absolute Gasteiger partial charge is 0.274 e. The van der Waals surface area contributed by atoms with Gasteiger partial charge >= 0.3 is 0 Å². The van der Waals surface area contributed by atoms with E-state index in [4.69, 9.17) is 5.73 Å². The van der Waals surface area contributed by atoms with E-state index in [1.165, 1.54) is 12.4 Å². The number of rotatable bonds is 2. The van der Waals surface area contributed by atoms with E-state index in [9.17, 15) is 4.79 Å². The fourth-order valence-corrected chi connectivity index (χ4v) is 1.78. The summed E-state index contributed by atoms with van der Waals surface area (Å²) in [5.41, 5.74) is 5.98. The summed E-state index contributed by atoms with van der Waals surface area (Å²) in [6.45, 7) is 2.16. The lowest BCUT2D eigenvalue weighted by Crippen LogP contribution is -2.30. The fourth-order valence-electron chi connectivity index (χ4n) is 1.78. The molecular formula is C10H14N4O. The highest BCUT2D eigenvalue weighted by molar-refractivity contribution is 5.92. The maximum absolute atomic E-state index is 11.9. The molecule has 1 aromatic rings. The number of nitrogens with two attached hydrogens (primary N) is 1. The van der Waals surface area contributed by atoms with E-state index in [1.807, 2.05) is 0 Å². The van der Waals surface area contributed by atoms with Crippen LogP contribution in [0.2, 0.25) is 0 Å². The van der Waals surface area contributed by atoms with Crippen LogP contribution >= 0.6 is 0 Å². The Morgan fingerprint density at radius 1 is 1.60 bits per heavy atom. The van der Waals surface area contributed by atoms with Crippen LogP contribution in [0.1, 0.15) is 16.9 Å². The van der Waals surface area contributed by atoms with E-state index in [0.717, 1.165) is 19.5 Å². The molecule has 0 aromatic carbocycles. The first-order valence-corrected chi connectivity index (χ1v) is 5.06. The Morgan fingerprint density at radius 2 is 2.47 bits per heavy atom. The van der Waals surface area contributed by atoms with Crippen LogP contribution in [0.15, 0.2) is 18.6 Å². The molecule has 0 aliphatic carbocycles. The fraction of sp³-hybridized carbons (Fsp3) is 0.500. The SMILES string of the molecule is NC[C@H]1CCN(C(=O)c2cnccn2)C1. The Kier molecular flexibility index (Phi) is 2.91. The monoisotopic (exact) mass is 206 g/mol. The zero-order valence-electron chi connectivity index (χ0n) is 8.47. The lowest BCUT2D eigenvalue weighted by atomic mass is 10.1. The molecule has 2 heterocycles. The van der Waals surface area contributed by atoms with Gasteiger partial charge in [-0.2, -0.15) is 0 Å². The van der Waals surface area contributed by atoms with Gasteiger partial charge in [0.1, 0.15) is 5.69 Å². The average Bonchev–Trinajstić information content (AvgIpc) is 2.78. The van der Waals surface area contributed by atoms with Gasteiger partial charge in [0.25, 0.3) is 5.91 Å². The van der Waals surface area contributed by atoms with Gasteiger partial charge in [-0.1, -0.05) is 0 Å². The summed E-state index contributed by atoms with van der Waals surface area (Å²) < 4.78 is 0.